The van der Waals surface area contributed by atoms with Crippen molar-refractivity contribution in [2.75, 3.05) is 5.73 Å². The molecule has 2 nitrogen and oxygen atoms in total. The first-order valence-corrected chi connectivity index (χ1v) is 8.06. The van der Waals surface area contributed by atoms with Gasteiger partial charge in [0.05, 0.1) is 10.0 Å². The molecule has 1 heterocycles. The minimum atomic E-state index is -0.347. The number of nitrogens with two attached hydrogens (primary N) is 1. The summed E-state index contributed by atoms with van der Waals surface area (Å²) in [7, 11) is 0. The average Bonchev–Trinajstić information content (AvgIpc) is 2.82. The van der Waals surface area contributed by atoms with Crippen molar-refractivity contribution in [3.63, 3.8) is 0 Å². The predicted molar refractivity (Wildman–Crippen MR) is 82.8 cm³/mol. The summed E-state index contributed by atoms with van der Waals surface area (Å²) in [6.45, 7) is 0. The second kappa shape index (κ2) is 5.70. The van der Waals surface area contributed by atoms with Crippen molar-refractivity contribution >= 4 is 27.9 Å². The standard InChI is InChI=1S/C15H16ClFN2S/c16-12-8-10(17)6-7-11(12)13-14(18)20-15(19-13)9-4-2-1-3-5-9/h6-9H,1-5,18H2. The Kier molecular flexibility index (Phi) is 3.94. The molecule has 1 aromatic heterocycles. The van der Waals surface area contributed by atoms with Gasteiger partial charge in [-0.1, -0.05) is 30.9 Å². The fraction of sp³-hybridized carbons (Fsp3) is 0.400. The van der Waals surface area contributed by atoms with E-state index in [9.17, 15) is 4.39 Å². The molecule has 0 amide bonds. The number of hydrogen-bond acceptors (Lipinski definition) is 3. The van der Waals surface area contributed by atoms with E-state index in [1.807, 2.05) is 0 Å². The normalized spacial score (nSPS) is 16.5. The molecular formula is C15H16ClFN2S. The summed E-state index contributed by atoms with van der Waals surface area (Å²) in [6, 6.07) is 4.34. The van der Waals surface area contributed by atoms with Gasteiger partial charge < -0.3 is 5.73 Å². The summed E-state index contributed by atoms with van der Waals surface area (Å²) in [5.41, 5.74) is 7.50. The van der Waals surface area contributed by atoms with Crippen LogP contribution in [0.25, 0.3) is 11.3 Å². The average molecular weight is 311 g/mol. The molecule has 0 aliphatic heterocycles. The van der Waals surface area contributed by atoms with Crippen LogP contribution >= 0.6 is 22.9 Å². The van der Waals surface area contributed by atoms with Crippen LogP contribution in [0.15, 0.2) is 18.2 Å². The van der Waals surface area contributed by atoms with E-state index in [1.165, 1.54) is 44.2 Å². The summed E-state index contributed by atoms with van der Waals surface area (Å²) in [4.78, 5) is 4.68. The smallest absolute Gasteiger partial charge is 0.124 e. The number of thiazole rings is 1. The van der Waals surface area contributed by atoms with Gasteiger partial charge in [0, 0.05) is 11.5 Å². The molecule has 0 spiro atoms. The minimum absolute atomic E-state index is 0.347. The molecule has 20 heavy (non-hydrogen) atoms. The van der Waals surface area contributed by atoms with E-state index in [0.29, 0.717) is 27.2 Å². The molecule has 0 radical (unpaired) electrons. The maximum atomic E-state index is 13.1. The van der Waals surface area contributed by atoms with Crippen LogP contribution in [0.2, 0.25) is 5.02 Å². The van der Waals surface area contributed by atoms with Gasteiger partial charge in [0.25, 0.3) is 0 Å². The third kappa shape index (κ3) is 2.67. The quantitative estimate of drug-likeness (QED) is 0.824. The molecule has 0 saturated heterocycles. The lowest BCUT2D eigenvalue weighted by atomic mass is 9.90. The third-order valence-corrected chi connectivity index (χ3v) is 5.17. The van der Waals surface area contributed by atoms with E-state index < -0.39 is 0 Å². The van der Waals surface area contributed by atoms with Gasteiger partial charge in [-0.15, -0.1) is 11.3 Å². The highest BCUT2D eigenvalue weighted by atomic mass is 35.5. The molecule has 0 unspecified atom stereocenters. The number of hydrogen-bond donors (Lipinski definition) is 1. The Morgan fingerprint density at radius 1 is 1.25 bits per heavy atom. The zero-order valence-electron chi connectivity index (χ0n) is 11.0. The highest BCUT2D eigenvalue weighted by molar-refractivity contribution is 7.16. The highest BCUT2D eigenvalue weighted by Gasteiger charge is 2.22. The van der Waals surface area contributed by atoms with Gasteiger partial charge in [-0.05, 0) is 31.0 Å². The molecule has 1 aliphatic carbocycles. The highest BCUT2D eigenvalue weighted by Crippen LogP contribution is 2.41. The van der Waals surface area contributed by atoms with Crippen molar-refractivity contribution in [2.24, 2.45) is 0 Å². The van der Waals surface area contributed by atoms with Gasteiger partial charge in [0.15, 0.2) is 0 Å². The molecular weight excluding hydrogens is 295 g/mol. The van der Waals surface area contributed by atoms with E-state index in [0.717, 1.165) is 5.01 Å². The minimum Gasteiger partial charge on any atom is -0.389 e. The summed E-state index contributed by atoms with van der Waals surface area (Å²) in [6.07, 6.45) is 6.20. The molecule has 1 aliphatic rings. The molecule has 0 atom stereocenters. The van der Waals surface area contributed by atoms with Crippen LogP contribution in [0.3, 0.4) is 0 Å². The van der Waals surface area contributed by atoms with Crippen LogP contribution in [-0.4, -0.2) is 4.98 Å². The zero-order chi connectivity index (χ0) is 14.1. The van der Waals surface area contributed by atoms with Gasteiger partial charge in [0.1, 0.15) is 16.5 Å². The third-order valence-electron chi connectivity index (χ3n) is 3.81. The molecule has 2 aromatic rings. The number of rotatable bonds is 2. The largest absolute Gasteiger partial charge is 0.389 e. The number of nitrogens with zero attached hydrogens (tertiary/aromatic N) is 1. The Labute approximate surface area is 126 Å². The number of benzene rings is 1. The number of halogens is 2. The van der Waals surface area contributed by atoms with Crippen LogP contribution in [0, 0.1) is 5.82 Å². The van der Waals surface area contributed by atoms with E-state index >= 15 is 0 Å². The fourth-order valence-electron chi connectivity index (χ4n) is 2.75. The number of nitrogen functional groups attached to an aromatic ring is 1. The first kappa shape index (κ1) is 13.8. The molecule has 5 heteroatoms. The Bertz CT molecular complexity index is 620. The topological polar surface area (TPSA) is 38.9 Å². The van der Waals surface area contributed by atoms with Crippen molar-refractivity contribution in [3.05, 3.63) is 34.0 Å². The summed E-state index contributed by atoms with van der Waals surface area (Å²) >= 11 is 7.64. The lowest BCUT2D eigenvalue weighted by Crippen LogP contribution is -2.03. The molecule has 1 saturated carbocycles. The zero-order valence-corrected chi connectivity index (χ0v) is 12.6. The van der Waals surface area contributed by atoms with Gasteiger partial charge >= 0.3 is 0 Å². The molecule has 1 fully saturated rings. The Morgan fingerprint density at radius 2 is 2.00 bits per heavy atom. The first-order valence-electron chi connectivity index (χ1n) is 6.87. The molecule has 106 valence electrons. The van der Waals surface area contributed by atoms with Crippen LogP contribution in [0.4, 0.5) is 9.39 Å². The molecule has 1 aromatic carbocycles. The molecule has 3 rings (SSSR count). The van der Waals surface area contributed by atoms with E-state index in [4.69, 9.17) is 17.3 Å². The van der Waals surface area contributed by atoms with Gasteiger partial charge in [0.2, 0.25) is 0 Å². The van der Waals surface area contributed by atoms with Gasteiger partial charge in [-0.25, -0.2) is 9.37 Å². The Balaban J connectivity index is 1.95. The first-order chi connectivity index (χ1) is 9.65. The second-order valence-corrected chi connectivity index (χ2v) is 6.69. The van der Waals surface area contributed by atoms with Crippen LogP contribution < -0.4 is 5.73 Å². The monoisotopic (exact) mass is 310 g/mol. The lowest BCUT2D eigenvalue weighted by molar-refractivity contribution is 0.442. The van der Waals surface area contributed by atoms with Crippen molar-refractivity contribution < 1.29 is 4.39 Å². The van der Waals surface area contributed by atoms with Crippen LogP contribution in [-0.2, 0) is 0 Å². The summed E-state index contributed by atoms with van der Waals surface area (Å²) in [5, 5.41) is 2.12. The summed E-state index contributed by atoms with van der Waals surface area (Å²) < 4.78 is 13.1. The van der Waals surface area contributed by atoms with Crippen molar-refractivity contribution in [1.29, 1.82) is 0 Å². The van der Waals surface area contributed by atoms with E-state index in [2.05, 4.69) is 4.98 Å². The molecule has 0 bridgehead atoms. The number of aromatic nitrogens is 1. The van der Waals surface area contributed by atoms with Crippen molar-refractivity contribution in [1.82, 2.24) is 4.98 Å². The fourth-order valence-corrected chi connectivity index (χ4v) is 4.02. The molecule has 2 N–H and O–H groups in total. The predicted octanol–water partition coefficient (Wildman–Crippen LogP) is 5.23. The maximum Gasteiger partial charge on any atom is 0.124 e. The summed E-state index contributed by atoms with van der Waals surface area (Å²) in [5.74, 6) is 0.170. The van der Waals surface area contributed by atoms with E-state index in [1.54, 1.807) is 17.4 Å². The van der Waals surface area contributed by atoms with Crippen molar-refractivity contribution in [2.45, 2.75) is 38.0 Å². The second-order valence-electron chi connectivity index (χ2n) is 5.22. The SMILES string of the molecule is Nc1sc(C2CCCCC2)nc1-c1ccc(F)cc1Cl. The van der Waals surface area contributed by atoms with Gasteiger partial charge in [-0.3, -0.25) is 0 Å². The van der Waals surface area contributed by atoms with Crippen LogP contribution in [0.1, 0.15) is 43.0 Å². The lowest BCUT2D eigenvalue weighted by Gasteiger charge is -2.18. The van der Waals surface area contributed by atoms with Crippen LogP contribution in [0.5, 0.6) is 0 Å². The maximum absolute atomic E-state index is 13.1. The number of anilines is 1. The van der Waals surface area contributed by atoms with Gasteiger partial charge in [-0.2, -0.15) is 0 Å². The van der Waals surface area contributed by atoms with Crippen molar-refractivity contribution in [3.8, 4) is 11.3 Å². The van der Waals surface area contributed by atoms with E-state index in [-0.39, 0.29) is 5.82 Å². The Morgan fingerprint density at radius 3 is 2.70 bits per heavy atom. The Hall–Kier alpha value is -1.13.